The predicted octanol–water partition coefficient (Wildman–Crippen LogP) is 14.6. The van der Waals surface area contributed by atoms with Crippen LogP contribution in [0.5, 0.6) is 0 Å². The Labute approximate surface area is 329 Å². The summed E-state index contributed by atoms with van der Waals surface area (Å²) < 4.78 is 16.7. The smallest absolute Gasteiger partial charge is 0.306 e. The van der Waals surface area contributed by atoms with Crippen LogP contribution in [0.2, 0.25) is 0 Å². The molecule has 0 N–H and O–H groups in total. The summed E-state index contributed by atoms with van der Waals surface area (Å²) in [5, 5.41) is 0. The van der Waals surface area contributed by atoms with E-state index in [1.54, 1.807) is 0 Å². The molecular weight excluding hydrogens is 661 g/mol. The van der Waals surface area contributed by atoms with Crippen molar-refractivity contribution in [1.82, 2.24) is 0 Å². The highest BCUT2D eigenvalue weighted by molar-refractivity contribution is 5.71. The van der Waals surface area contributed by atoms with Crippen LogP contribution < -0.4 is 0 Å². The summed E-state index contributed by atoms with van der Waals surface area (Å²) >= 11 is 0. The van der Waals surface area contributed by atoms with Gasteiger partial charge in [-0.15, -0.1) is 0 Å². The maximum Gasteiger partial charge on any atom is 0.306 e. The lowest BCUT2D eigenvalue weighted by molar-refractivity contribution is -0.167. The molecule has 0 heterocycles. The zero-order valence-corrected chi connectivity index (χ0v) is 36.1. The first-order valence-electron chi connectivity index (χ1n) is 23.2. The van der Waals surface area contributed by atoms with E-state index in [0.717, 1.165) is 69.6 Å². The van der Waals surface area contributed by atoms with Crippen molar-refractivity contribution in [1.29, 1.82) is 0 Å². The Morgan fingerprint density at radius 2 is 0.623 bits per heavy atom. The van der Waals surface area contributed by atoms with E-state index >= 15 is 0 Å². The van der Waals surface area contributed by atoms with Crippen LogP contribution in [0, 0.1) is 11.8 Å². The predicted molar refractivity (Wildman–Crippen MR) is 224 cm³/mol. The fourth-order valence-corrected chi connectivity index (χ4v) is 6.93. The topological polar surface area (TPSA) is 78.9 Å². The first-order chi connectivity index (χ1) is 25.7. The van der Waals surface area contributed by atoms with E-state index in [1.165, 1.54) is 141 Å². The first kappa shape index (κ1) is 51.4. The first-order valence-corrected chi connectivity index (χ1v) is 23.2. The molecule has 0 aliphatic rings. The fourth-order valence-electron chi connectivity index (χ4n) is 6.93. The van der Waals surface area contributed by atoms with Crippen molar-refractivity contribution in [3.05, 3.63) is 0 Å². The Hall–Kier alpha value is -1.59. The van der Waals surface area contributed by atoms with Gasteiger partial charge >= 0.3 is 17.9 Å². The molecule has 0 radical (unpaired) electrons. The van der Waals surface area contributed by atoms with E-state index in [0.29, 0.717) is 19.3 Å². The fraction of sp³-hybridized carbons (Fsp3) is 0.936. The maximum atomic E-state index is 12.7. The van der Waals surface area contributed by atoms with Crippen LogP contribution in [0.1, 0.15) is 253 Å². The summed E-state index contributed by atoms with van der Waals surface area (Å²) in [6.07, 6.45) is 38.1. The minimum absolute atomic E-state index is 0.0656. The second-order valence-corrected chi connectivity index (χ2v) is 17.0. The number of hydrogen-bond donors (Lipinski definition) is 0. The van der Waals surface area contributed by atoms with Crippen LogP contribution in [-0.4, -0.2) is 37.2 Å². The summed E-state index contributed by atoms with van der Waals surface area (Å²) in [6, 6.07) is 0. The summed E-state index contributed by atoms with van der Waals surface area (Å²) in [4.78, 5) is 37.7. The van der Waals surface area contributed by atoms with E-state index in [1.807, 2.05) is 0 Å². The molecule has 0 amide bonds. The van der Waals surface area contributed by atoms with Gasteiger partial charge in [0.15, 0.2) is 6.10 Å². The molecule has 314 valence electrons. The highest BCUT2D eigenvalue weighted by atomic mass is 16.6. The van der Waals surface area contributed by atoms with Gasteiger partial charge in [-0.05, 0) is 31.1 Å². The number of ether oxygens (including phenoxy) is 3. The minimum atomic E-state index is -0.761. The highest BCUT2D eigenvalue weighted by Gasteiger charge is 2.19. The minimum Gasteiger partial charge on any atom is -0.462 e. The quantitative estimate of drug-likeness (QED) is 0.0352. The molecule has 0 saturated heterocycles. The monoisotopic (exact) mass is 751 g/mol. The lowest BCUT2D eigenvalue weighted by Gasteiger charge is -2.18. The molecule has 0 aliphatic carbocycles. The van der Waals surface area contributed by atoms with Crippen molar-refractivity contribution < 1.29 is 28.6 Å². The van der Waals surface area contributed by atoms with Gasteiger partial charge < -0.3 is 14.2 Å². The van der Waals surface area contributed by atoms with E-state index in [4.69, 9.17) is 14.2 Å². The molecular formula is C47H90O6. The molecule has 6 heteroatoms. The number of carbonyl (C=O) groups is 3. The average molecular weight is 751 g/mol. The highest BCUT2D eigenvalue weighted by Crippen LogP contribution is 2.16. The SMILES string of the molecule is CCCCCCCCCCCCCCC(=O)OC[C@H](COC(=O)CCCCCCCCCCCCCC(C)C)OC(=O)CCCCCCCCC(C)C. The van der Waals surface area contributed by atoms with Crippen molar-refractivity contribution >= 4 is 17.9 Å². The van der Waals surface area contributed by atoms with Gasteiger partial charge in [0.2, 0.25) is 0 Å². The molecule has 6 nitrogen and oxygen atoms in total. The number of rotatable bonds is 41. The zero-order chi connectivity index (χ0) is 39.0. The number of carbonyl (C=O) groups excluding carboxylic acids is 3. The number of esters is 3. The molecule has 0 aromatic rings. The molecule has 1 atom stereocenters. The van der Waals surface area contributed by atoms with E-state index in [-0.39, 0.29) is 31.1 Å². The van der Waals surface area contributed by atoms with Crippen molar-refractivity contribution in [2.75, 3.05) is 13.2 Å². The van der Waals surface area contributed by atoms with Crippen LogP contribution >= 0.6 is 0 Å². The van der Waals surface area contributed by atoms with Crippen LogP contribution in [-0.2, 0) is 28.6 Å². The molecule has 0 bridgehead atoms. The molecule has 0 aromatic carbocycles. The Morgan fingerprint density at radius 1 is 0.358 bits per heavy atom. The third kappa shape index (κ3) is 41.4. The van der Waals surface area contributed by atoms with Gasteiger partial charge in [0.1, 0.15) is 13.2 Å². The van der Waals surface area contributed by atoms with Crippen molar-refractivity contribution in [2.24, 2.45) is 11.8 Å². The zero-order valence-electron chi connectivity index (χ0n) is 36.1. The molecule has 0 rings (SSSR count). The van der Waals surface area contributed by atoms with Gasteiger partial charge in [0.05, 0.1) is 0 Å². The average Bonchev–Trinajstić information content (AvgIpc) is 3.12. The van der Waals surface area contributed by atoms with Crippen LogP contribution in [0.3, 0.4) is 0 Å². The standard InChI is InChI=1S/C47H90O6/c1-6-7-8-9-10-11-12-15-18-21-27-32-37-45(48)51-40-44(53-47(50)39-34-29-24-23-26-31-36-43(4)5)41-52-46(49)38-33-28-22-19-16-13-14-17-20-25-30-35-42(2)3/h42-44H,6-41H2,1-5H3/t44-/m1/s1. The van der Waals surface area contributed by atoms with E-state index in [2.05, 4.69) is 34.6 Å². The third-order valence-electron chi connectivity index (χ3n) is 10.5. The molecule has 0 saturated carbocycles. The van der Waals surface area contributed by atoms with Crippen LogP contribution in [0.25, 0.3) is 0 Å². The van der Waals surface area contributed by atoms with E-state index in [9.17, 15) is 14.4 Å². The van der Waals surface area contributed by atoms with Gasteiger partial charge in [-0.25, -0.2) is 0 Å². The third-order valence-corrected chi connectivity index (χ3v) is 10.5. The summed E-state index contributed by atoms with van der Waals surface area (Å²) in [6.45, 7) is 11.3. The summed E-state index contributed by atoms with van der Waals surface area (Å²) in [5.74, 6) is 0.725. The van der Waals surface area contributed by atoms with Gasteiger partial charge in [-0.3, -0.25) is 14.4 Å². The Morgan fingerprint density at radius 3 is 0.925 bits per heavy atom. The lowest BCUT2D eigenvalue weighted by atomic mass is 10.0. The molecule has 53 heavy (non-hydrogen) atoms. The second kappa shape index (κ2) is 40.1. The van der Waals surface area contributed by atoms with Gasteiger partial charge in [-0.2, -0.15) is 0 Å². The van der Waals surface area contributed by atoms with E-state index < -0.39 is 6.10 Å². The van der Waals surface area contributed by atoms with Crippen LogP contribution in [0.4, 0.5) is 0 Å². The van der Waals surface area contributed by atoms with Crippen molar-refractivity contribution in [3.8, 4) is 0 Å². The molecule has 0 aliphatic heterocycles. The molecule has 0 unspecified atom stereocenters. The Bertz CT molecular complexity index is 809. The lowest BCUT2D eigenvalue weighted by Crippen LogP contribution is -2.30. The van der Waals surface area contributed by atoms with Gasteiger partial charge in [0.25, 0.3) is 0 Å². The van der Waals surface area contributed by atoms with Crippen molar-refractivity contribution in [3.63, 3.8) is 0 Å². The molecule has 0 aromatic heterocycles. The molecule has 0 fully saturated rings. The number of hydrogen-bond acceptors (Lipinski definition) is 6. The Kier molecular flexibility index (Phi) is 38.9. The van der Waals surface area contributed by atoms with Crippen molar-refractivity contribution in [2.45, 2.75) is 259 Å². The van der Waals surface area contributed by atoms with Crippen LogP contribution in [0.15, 0.2) is 0 Å². The summed E-state index contributed by atoms with van der Waals surface area (Å²) in [7, 11) is 0. The number of unbranched alkanes of at least 4 members (excludes halogenated alkanes) is 26. The normalized spacial score (nSPS) is 12.1. The maximum absolute atomic E-state index is 12.7. The largest absolute Gasteiger partial charge is 0.462 e. The Balaban J connectivity index is 4.29. The molecule has 0 spiro atoms. The van der Waals surface area contributed by atoms with Gasteiger partial charge in [0, 0.05) is 19.3 Å². The van der Waals surface area contributed by atoms with Gasteiger partial charge in [-0.1, -0.05) is 214 Å². The second-order valence-electron chi connectivity index (χ2n) is 17.0. The summed E-state index contributed by atoms with van der Waals surface area (Å²) in [5.41, 5.74) is 0.